The first-order valence-corrected chi connectivity index (χ1v) is 8.54. The van der Waals surface area contributed by atoms with Crippen LogP contribution in [-0.4, -0.2) is 52.8 Å². The number of nitrogens with zero attached hydrogens (tertiary/aromatic N) is 1. The molecule has 8 nitrogen and oxygen atoms in total. The number of hydrogen-bond donors (Lipinski definition) is 2. The van der Waals surface area contributed by atoms with E-state index < -0.39 is 40.3 Å². The van der Waals surface area contributed by atoms with Gasteiger partial charge in [0.2, 0.25) is 5.91 Å². The molecule has 0 saturated carbocycles. The molecule has 1 amide bonds. The number of amides is 1. The highest BCUT2D eigenvalue weighted by Gasteiger charge is 2.57. The third-order valence-corrected chi connectivity index (χ3v) is 5.05. The molecule has 1 saturated heterocycles. The first-order chi connectivity index (χ1) is 10.2. The first-order valence-electron chi connectivity index (χ1n) is 6.19. The van der Waals surface area contributed by atoms with Gasteiger partial charge in [0.15, 0.2) is 0 Å². The van der Waals surface area contributed by atoms with Crippen LogP contribution >= 0.6 is 11.8 Å². The Balaban J connectivity index is 2.19. The molecule has 22 heavy (non-hydrogen) atoms. The van der Waals surface area contributed by atoms with Crippen molar-refractivity contribution in [3.63, 3.8) is 0 Å². The molecule has 2 aliphatic rings. The van der Waals surface area contributed by atoms with Gasteiger partial charge in [-0.15, -0.1) is 18.2 Å². The lowest BCUT2D eigenvalue weighted by molar-refractivity contribution is -0.160. The average molecular weight is 347 g/mol. The van der Waals surface area contributed by atoms with Crippen molar-refractivity contribution in [2.75, 3.05) is 5.75 Å². The first kappa shape index (κ1) is 16.8. The van der Waals surface area contributed by atoms with Crippen molar-refractivity contribution in [3.05, 3.63) is 10.6 Å². The van der Waals surface area contributed by atoms with Crippen LogP contribution in [0.5, 0.6) is 0 Å². The van der Waals surface area contributed by atoms with Crippen molar-refractivity contribution in [1.29, 1.82) is 0 Å². The number of rotatable bonds is 6. The van der Waals surface area contributed by atoms with Gasteiger partial charge in [-0.05, 0) is 6.92 Å². The third kappa shape index (κ3) is 2.98. The van der Waals surface area contributed by atoms with Crippen molar-refractivity contribution in [2.45, 2.75) is 25.5 Å². The number of aliphatic carboxylic acids is 1. The molecule has 2 N–H and O–H groups in total. The van der Waals surface area contributed by atoms with Gasteiger partial charge in [0.05, 0.1) is 23.8 Å². The molecule has 0 aliphatic carbocycles. The zero-order valence-electron chi connectivity index (χ0n) is 11.4. The van der Waals surface area contributed by atoms with E-state index >= 15 is 0 Å². The number of carboxylic acids is 1. The fourth-order valence-corrected chi connectivity index (χ4v) is 4.10. The second-order valence-corrected chi connectivity index (χ2v) is 6.92. The van der Waals surface area contributed by atoms with E-state index in [1.807, 2.05) is 0 Å². The largest absolute Gasteiger partial charge is 0.477 e. The Morgan fingerprint density at radius 2 is 2.27 bits per heavy atom. The Morgan fingerprint density at radius 1 is 1.64 bits per heavy atom. The van der Waals surface area contributed by atoms with Crippen molar-refractivity contribution < 1.29 is 31.8 Å². The predicted molar refractivity (Wildman–Crippen MR) is 76.8 cm³/mol. The van der Waals surface area contributed by atoms with E-state index in [1.165, 1.54) is 6.92 Å². The summed E-state index contributed by atoms with van der Waals surface area (Å²) in [5.74, 6) is 0.0239. The van der Waals surface area contributed by atoms with Gasteiger partial charge in [-0.3, -0.25) is 9.35 Å². The van der Waals surface area contributed by atoms with E-state index in [4.69, 9.17) is 11.0 Å². The lowest BCUT2D eigenvalue weighted by Gasteiger charge is -2.45. The summed E-state index contributed by atoms with van der Waals surface area (Å²) in [6, 6.07) is -0.504. The zero-order valence-corrected chi connectivity index (χ0v) is 13.1. The topological polar surface area (TPSA) is 121 Å². The Labute approximate surface area is 131 Å². The molecule has 1 fully saturated rings. The van der Waals surface area contributed by atoms with Gasteiger partial charge in [-0.1, -0.05) is 5.92 Å². The van der Waals surface area contributed by atoms with Gasteiger partial charge in [-0.25, -0.2) is 8.98 Å². The highest BCUT2D eigenvalue weighted by Crippen LogP contribution is 2.47. The predicted octanol–water partition coefficient (Wildman–Crippen LogP) is 0.0876. The van der Waals surface area contributed by atoms with E-state index in [0.29, 0.717) is 4.91 Å². The lowest BCUT2D eigenvalue weighted by atomic mass is 9.83. The summed E-state index contributed by atoms with van der Waals surface area (Å²) in [7, 11) is -4.69. The van der Waals surface area contributed by atoms with E-state index in [0.717, 1.165) is 16.7 Å². The standard InChI is InChI=1S/C12H13NO7S2/c1-3-4-21-8-5-7-9(6(2)20-22(17,18)19)11(14)13(7)10(8)12(15)16/h1,6-7,9H,4-5H2,2H3,(H,15,16)(H,17,18,19)/t6-,7?,9?/m0/s1. The zero-order chi connectivity index (χ0) is 16.7. The number of fused-ring (bicyclic) bond motifs is 1. The van der Waals surface area contributed by atoms with Crippen molar-refractivity contribution >= 4 is 34.0 Å². The van der Waals surface area contributed by atoms with Gasteiger partial charge in [0.25, 0.3) is 0 Å². The average Bonchev–Trinajstić information content (AvgIpc) is 2.68. The monoisotopic (exact) mass is 347 g/mol. The molecule has 2 unspecified atom stereocenters. The van der Waals surface area contributed by atoms with Crippen LogP contribution in [0.1, 0.15) is 13.3 Å². The van der Waals surface area contributed by atoms with Crippen molar-refractivity contribution in [1.82, 2.24) is 4.90 Å². The van der Waals surface area contributed by atoms with Crippen LogP contribution < -0.4 is 0 Å². The molecular weight excluding hydrogens is 334 g/mol. The molecule has 120 valence electrons. The number of β-lactam (4-membered cyclic amide) rings is 1. The molecule has 2 heterocycles. The maximum absolute atomic E-state index is 12.1. The Morgan fingerprint density at radius 3 is 2.77 bits per heavy atom. The summed E-state index contributed by atoms with van der Waals surface area (Å²) in [5, 5.41) is 9.25. The van der Waals surface area contributed by atoms with E-state index in [1.54, 1.807) is 0 Å². The summed E-state index contributed by atoms with van der Waals surface area (Å²) in [4.78, 5) is 25.1. The van der Waals surface area contributed by atoms with Crippen LogP contribution in [0.15, 0.2) is 10.6 Å². The molecule has 0 spiro atoms. The summed E-state index contributed by atoms with van der Waals surface area (Å²) in [6.07, 6.45) is 4.33. The van der Waals surface area contributed by atoms with Gasteiger partial charge in [-0.2, -0.15) is 8.42 Å². The fourth-order valence-electron chi connectivity index (χ4n) is 2.73. The van der Waals surface area contributed by atoms with Crippen LogP contribution in [0.4, 0.5) is 0 Å². The minimum atomic E-state index is -4.69. The molecule has 0 aromatic carbocycles. The number of thioether (sulfide) groups is 1. The normalized spacial score (nSPS) is 25.5. The minimum absolute atomic E-state index is 0.120. The van der Waals surface area contributed by atoms with Gasteiger partial charge in [0, 0.05) is 11.3 Å². The van der Waals surface area contributed by atoms with Gasteiger partial charge < -0.3 is 10.0 Å². The summed E-state index contributed by atoms with van der Waals surface area (Å²) in [6.45, 7) is 1.33. The summed E-state index contributed by atoms with van der Waals surface area (Å²) in [5.41, 5.74) is -0.120. The van der Waals surface area contributed by atoms with E-state index in [2.05, 4.69) is 10.1 Å². The van der Waals surface area contributed by atoms with Crippen LogP contribution in [0.3, 0.4) is 0 Å². The molecule has 2 aliphatic heterocycles. The second kappa shape index (κ2) is 5.92. The number of terminal acetylenes is 1. The smallest absolute Gasteiger partial charge is 0.397 e. The molecule has 0 bridgehead atoms. The van der Waals surface area contributed by atoms with Crippen molar-refractivity contribution in [2.24, 2.45) is 5.92 Å². The molecular formula is C12H13NO7S2. The number of carbonyl (C=O) groups excluding carboxylic acids is 1. The lowest BCUT2D eigenvalue weighted by Crippen LogP contribution is -2.62. The van der Waals surface area contributed by atoms with E-state index in [9.17, 15) is 23.1 Å². The summed E-state index contributed by atoms with van der Waals surface area (Å²) >= 11 is 1.16. The Hall–Kier alpha value is -1.54. The van der Waals surface area contributed by atoms with Crippen LogP contribution in [-0.2, 0) is 24.2 Å². The SMILES string of the molecule is C#CCSC1=C(C(=O)O)N2C(=O)C([C@H](C)OS(=O)(=O)O)C2C1. The quantitative estimate of drug-likeness (QED) is 0.394. The molecule has 2 rings (SSSR count). The Kier molecular flexibility index (Phi) is 4.53. The number of carbonyl (C=O) groups is 2. The van der Waals surface area contributed by atoms with Crippen LogP contribution in [0.2, 0.25) is 0 Å². The molecule has 0 aromatic heterocycles. The van der Waals surface area contributed by atoms with Crippen LogP contribution in [0.25, 0.3) is 0 Å². The van der Waals surface area contributed by atoms with Crippen LogP contribution in [0, 0.1) is 18.3 Å². The molecule has 10 heteroatoms. The van der Waals surface area contributed by atoms with Gasteiger partial charge in [0.1, 0.15) is 5.70 Å². The fraction of sp³-hybridized carbons (Fsp3) is 0.500. The van der Waals surface area contributed by atoms with Crippen molar-refractivity contribution in [3.8, 4) is 12.3 Å². The third-order valence-electron chi connectivity index (χ3n) is 3.48. The molecule has 0 radical (unpaired) electrons. The number of hydrogen-bond acceptors (Lipinski definition) is 6. The number of carboxylic acid groups (broad SMARTS) is 1. The van der Waals surface area contributed by atoms with Gasteiger partial charge >= 0.3 is 16.4 Å². The highest BCUT2D eigenvalue weighted by molar-refractivity contribution is 8.03. The summed E-state index contributed by atoms with van der Waals surface area (Å²) < 4.78 is 34.6. The molecule has 3 atom stereocenters. The van der Waals surface area contributed by atoms with E-state index in [-0.39, 0.29) is 17.9 Å². The maximum atomic E-state index is 12.1. The second-order valence-electron chi connectivity index (χ2n) is 4.80. The maximum Gasteiger partial charge on any atom is 0.397 e. The molecule has 0 aromatic rings. The minimum Gasteiger partial charge on any atom is -0.477 e. The Bertz CT molecular complexity index is 691. The highest BCUT2D eigenvalue weighted by atomic mass is 32.3.